The molecular formula is C30H29ClF3N3O7. The van der Waals surface area contributed by atoms with Gasteiger partial charge in [0.15, 0.2) is 0 Å². The van der Waals surface area contributed by atoms with Gasteiger partial charge in [-0.2, -0.15) is 0 Å². The Bertz CT molecular complexity index is 1570. The van der Waals surface area contributed by atoms with Crippen molar-refractivity contribution in [3.05, 3.63) is 76.3 Å². The maximum Gasteiger partial charge on any atom is 0.573 e. The highest BCUT2D eigenvalue weighted by atomic mass is 35.5. The number of nitrogens with one attached hydrogen (secondary N) is 1. The van der Waals surface area contributed by atoms with Crippen LogP contribution in [0, 0.1) is 0 Å². The lowest BCUT2D eigenvalue weighted by Gasteiger charge is -2.27. The molecule has 0 aliphatic carbocycles. The normalized spacial score (nSPS) is 13.6. The summed E-state index contributed by atoms with van der Waals surface area (Å²) in [6.45, 7) is 1.76. The molecule has 3 aromatic rings. The van der Waals surface area contributed by atoms with E-state index in [-0.39, 0.29) is 19.6 Å². The monoisotopic (exact) mass is 635 g/mol. The van der Waals surface area contributed by atoms with Crippen LogP contribution in [0.5, 0.6) is 17.2 Å². The Morgan fingerprint density at radius 2 is 1.84 bits per heavy atom. The lowest BCUT2D eigenvalue weighted by molar-refractivity contribution is -0.274. The van der Waals surface area contributed by atoms with Gasteiger partial charge in [0.2, 0.25) is 0 Å². The van der Waals surface area contributed by atoms with E-state index in [0.717, 1.165) is 0 Å². The Kier molecular flexibility index (Phi) is 10.1. The maximum absolute atomic E-state index is 14.3. The van der Waals surface area contributed by atoms with E-state index in [4.69, 9.17) is 31.0 Å². The predicted molar refractivity (Wildman–Crippen MR) is 157 cm³/mol. The molecule has 4 rings (SSSR count). The molecule has 1 aliphatic heterocycles. The Balaban J connectivity index is 1.72. The van der Waals surface area contributed by atoms with Gasteiger partial charge in [-0.1, -0.05) is 28.9 Å². The Morgan fingerprint density at radius 1 is 1.07 bits per heavy atom. The van der Waals surface area contributed by atoms with Crippen LogP contribution in [-0.4, -0.2) is 56.4 Å². The second-order valence-electron chi connectivity index (χ2n) is 9.65. The van der Waals surface area contributed by atoms with Crippen LogP contribution in [0.3, 0.4) is 0 Å². The molecule has 14 heteroatoms. The first-order chi connectivity index (χ1) is 20.9. The molecule has 10 nitrogen and oxygen atoms in total. The lowest BCUT2D eigenvalue weighted by Crippen LogP contribution is -2.37. The number of methoxy groups -OCH3 is 2. The minimum Gasteiger partial charge on any atom is -0.497 e. The van der Waals surface area contributed by atoms with E-state index in [2.05, 4.69) is 15.2 Å². The van der Waals surface area contributed by atoms with Crippen molar-refractivity contribution in [2.24, 2.45) is 5.16 Å². The van der Waals surface area contributed by atoms with Gasteiger partial charge in [-0.05, 0) is 49.2 Å². The zero-order chi connectivity index (χ0) is 32.0. The van der Waals surface area contributed by atoms with E-state index in [9.17, 15) is 22.8 Å². The molecule has 1 heterocycles. The SMILES string of the molecule is COc1cc(NC(C(=O)N2CCc3ccc(OC(F)(F)F)cc32)c2ccc(Cl)cc2OC)cc(C(C)=NOCCC(=O)O)c1. The fourth-order valence-corrected chi connectivity index (χ4v) is 4.80. The number of ether oxygens (including phenoxy) is 3. The molecular weight excluding hydrogens is 607 g/mol. The van der Waals surface area contributed by atoms with Gasteiger partial charge in [0.1, 0.15) is 29.9 Å². The number of aliphatic carboxylic acids is 1. The van der Waals surface area contributed by atoms with Crippen molar-refractivity contribution < 1.29 is 46.9 Å². The standard InChI is InChI=1S/C30H29ClF3N3O7/c1-17(36-43-11-9-27(38)39)19-12-21(15-23(13-19)41-2)35-28(24-7-5-20(31)14-26(24)42-3)29(40)37-10-8-18-4-6-22(16-25(18)37)44-30(32,33)34/h4-7,12-16,28,35H,8-11H2,1-3H3,(H,38,39). The second-order valence-corrected chi connectivity index (χ2v) is 10.1. The first-order valence-corrected chi connectivity index (χ1v) is 13.6. The van der Waals surface area contributed by atoms with Crippen LogP contribution in [0.2, 0.25) is 5.02 Å². The molecule has 1 amide bonds. The van der Waals surface area contributed by atoms with Crippen molar-refractivity contribution in [2.45, 2.75) is 32.2 Å². The van der Waals surface area contributed by atoms with Gasteiger partial charge in [0.25, 0.3) is 5.91 Å². The number of fused-ring (bicyclic) bond motifs is 1. The van der Waals surface area contributed by atoms with Gasteiger partial charge in [0, 0.05) is 40.5 Å². The van der Waals surface area contributed by atoms with Gasteiger partial charge in [-0.25, -0.2) is 0 Å². The van der Waals surface area contributed by atoms with Crippen molar-refractivity contribution in [3.8, 4) is 17.2 Å². The number of anilines is 2. The fraction of sp³-hybridized carbons (Fsp3) is 0.300. The van der Waals surface area contributed by atoms with E-state index in [0.29, 0.717) is 56.7 Å². The number of carboxylic acids is 1. The average Bonchev–Trinajstić information content (AvgIpc) is 3.39. The minimum atomic E-state index is -4.89. The Labute approximate surface area is 255 Å². The highest BCUT2D eigenvalue weighted by Gasteiger charge is 2.35. The van der Waals surface area contributed by atoms with Crippen LogP contribution in [0.1, 0.15) is 36.1 Å². The van der Waals surface area contributed by atoms with E-state index in [1.54, 1.807) is 43.3 Å². The third kappa shape index (κ3) is 8.04. The number of carboxylic acid groups (broad SMARTS) is 1. The van der Waals surface area contributed by atoms with Gasteiger partial charge >= 0.3 is 12.3 Å². The molecule has 3 aromatic carbocycles. The van der Waals surface area contributed by atoms with Gasteiger partial charge in [-0.15, -0.1) is 13.2 Å². The number of carbonyl (C=O) groups excluding carboxylic acids is 1. The number of halogens is 4. The fourth-order valence-electron chi connectivity index (χ4n) is 4.64. The van der Waals surface area contributed by atoms with E-state index < -0.39 is 30.0 Å². The van der Waals surface area contributed by atoms with Gasteiger partial charge in [0.05, 0.1) is 32.0 Å². The number of benzene rings is 3. The summed E-state index contributed by atoms with van der Waals surface area (Å²) in [6.07, 6.45) is -4.69. The quantitative estimate of drug-likeness (QED) is 0.137. The smallest absolute Gasteiger partial charge is 0.497 e. The van der Waals surface area contributed by atoms with Crippen molar-refractivity contribution in [2.75, 3.05) is 37.6 Å². The van der Waals surface area contributed by atoms with E-state index >= 15 is 0 Å². The molecule has 0 bridgehead atoms. The van der Waals surface area contributed by atoms with Crippen LogP contribution in [0.25, 0.3) is 0 Å². The van der Waals surface area contributed by atoms with Gasteiger partial charge in [-0.3, -0.25) is 9.59 Å². The van der Waals surface area contributed by atoms with Crippen LogP contribution in [0.15, 0.2) is 59.8 Å². The van der Waals surface area contributed by atoms with Crippen LogP contribution in [-0.2, 0) is 20.8 Å². The number of oxime groups is 1. The molecule has 234 valence electrons. The number of hydrogen-bond acceptors (Lipinski definition) is 8. The number of nitrogens with zero attached hydrogens (tertiary/aromatic N) is 2. The summed E-state index contributed by atoms with van der Waals surface area (Å²) in [4.78, 5) is 31.5. The zero-order valence-corrected chi connectivity index (χ0v) is 24.7. The third-order valence-electron chi connectivity index (χ3n) is 6.69. The second kappa shape index (κ2) is 13.8. The molecule has 0 aromatic heterocycles. The average molecular weight is 636 g/mol. The van der Waals surface area contributed by atoms with Crippen LogP contribution in [0.4, 0.5) is 24.5 Å². The molecule has 0 spiro atoms. The summed E-state index contributed by atoms with van der Waals surface area (Å²) in [6, 6.07) is 12.6. The van der Waals surface area contributed by atoms with Gasteiger partial charge < -0.3 is 34.4 Å². The number of carbonyl (C=O) groups is 2. The van der Waals surface area contributed by atoms with E-state index in [1.165, 1.54) is 37.3 Å². The topological polar surface area (TPSA) is 119 Å². The summed E-state index contributed by atoms with van der Waals surface area (Å²) >= 11 is 6.19. The Hall–Kier alpha value is -4.65. The number of amides is 1. The molecule has 0 saturated heterocycles. The summed E-state index contributed by atoms with van der Waals surface area (Å²) in [5.74, 6) is -1.21. The highest BCUT2D eigenvalue weighted by molar-refractivity contribution is 6.30. The number of alkyl halides is 3. The minimum absolute atomic E-state index is 0.123. The largest absolute Gasteiger partial charge is 0.573 e. The van der Waals surface area contributed by atoms with Crippen molar-refractivity contribution in [1.82, 2.24) is 0 Å². The van der Waals surface area contributed by atoms with Crippen LogP contribution >= 0.6 is 11.6 Å². The molecule has 1 unspecified atom stereocenters. The van der Waals surface area contributed by atoms with Crippen molar-refractivity contribution in [1.29, 1.82) is 0 Å². The summed E-state index contributed by atoms with van der Waals surface area (Å²) in [5, 5.41) is 16.4. The van der Waals surface area contributed by atoms with Crippen LogP contribution < -0.4 is 24.4 Å². The third-order valence-corrected chi connectivity index (χ3v) is 6.92. The predicted octanol–water partition coefficient (Wildman–Crippen LogP) is 6.21. The first-order valence-electron chi connectivity index (χ1n) is 13.3. The molecule has 2 N–H and O–H groups in total. The maximum atomic E-state index is 14.3. The molecule has 44 heavy (non-hydrogen) atoms. The molecule has 0 radical (unpaired) electrons. The summed E-state index contributed by atoms with van der Waals surface area (Å²) < 4.78 is 53.9. The van der Waals surface area contributed by atoms with Crippen molar-refractivity contribution in [3.63, 3.8) is 0 Å². The van der Waals surface area contributed by atoms with Crippen molar-refractivity contribution >= 4 is 40.6 Å². The summed E-state index contributed by atoms with van der Waals surface area (Å²) in [5.41, 5.74) is 2.80. The lowest BCUT2D eigenvalue weighted by atomic mass is 10.0. The number of rotatable bonds is 12. The van der Waals surface area contributed by atoms with E-state index in [1.807, 2.05) is 0 Å². The molecule has 1 atom stereocenters. The highest BCUT2D eigenvalue weighted by Crippen LogP contribution is 2.38. The molecule has 0 saturated carbocycles. The molecule has 1 aliphatic rings. The molecule has 0 fully saturated rings. The summed E-state index contributed by atoms with van der Waals surface area (Å²) in [7, 11) is 2.89. The Morgan fingerprint density at radius 3 is 2.52 bits per heavy atom. The zero-order valence-electron chi connectivity index (χ0n) is 23.9. The first kappa shape index (κ1) is 32.3. The number of hydrogen-bond donors (Lipinski definition) is 2.